The fourth-order valence-corrected chi connectivity index (χ4v) is 8.33. The van der Waals surface area contributed by atoms with Gasteiger partial charge in [-0.2, -0.15) is 0 Å². The molecule has 12 nitrogen and oxygen atoms in total. The Labute approximate surface area is 321 Å². The van der Waals surface area contributed by atoms with Gasteiger partial charge in [-0.15, -0.1) is 0 Å². The van der Waals surface area contributed by atoms with E-state index in [9.17, 15) is 14.4 Å². The molecule has 6 rings (SSSR count). The third-order valence-electron chi connectivity index (χ3n) is 12.0. The van der Waals surface area contributed by atoms with E-state index in [1.54, 1.807) is 19.1 Å². The number of aromatic nitrogens is 2. The molecule has 1 aromatic heterocycles. The van der Waals surface area contributed by atoms with Crippen molar-refractivity contribution in [3.8, 4) is 5.75 Å². The average Bonchev–Trinajstić information content (AvgIpc) is 3.67. The topological polar surface area (TPSA) is 123 Å². The van der Waals surface area contributed by atoms with Crippen molar-refractivity contribution in [1.82, 2.24) is 30.0 Å². The fraction of sp³-hybridized carbons (Fsp3) is 0.595. The molecule has 0 radical (unpaired) electrons. The number of ketones is 2. The van der Waals surface area contributed by atoms with Gasteiger partial charge in [0, 0.05) is 85.9 Å². The number of hydrogen-bond acceptors (Lipinski definition) is 11. The molecule has 3 aromatic rings. The summed E-state index contributed by atoms with van der Waals surface area (Å²) in [6, 6.07) is 12.1. The number of piperazine rings is 1. The maximum atomic E-state index is 14.1. The van der Waals surface area contributed by atoms with E-state index in [2.05, 4.69) is 66.6 Å². The Balaban J connectivity index is 1.14. The number of hydrogen-bond donors (Lipinski definition) is 2. The first-order valence-corrected chi connectivity index (χ1v) is 19.8. The molecule has 292 valence electrons. The number of methoxy groups -OCH3 is 1. The Bertz CT molecular complexity index is 1780. The van der Waals surface area contributed by atoms with Crippen LogP contribution in [0.2, 0.25) is 0 Å². The zero-order valence-corrected chi connectivity index (χ0v) is 33.4. The first kappa shape index (κ1) is 39.6. The molecule has 0 bridgehead atoms. The molecule has 3 atom stereocenters. The van der Waals surface area contributed by atoms with Crippen molar-refractivity contribution >= 4 is 45.6 Å². The maximum Gasteiger partial charge on any atom is 0.227 e. The standard InChI is InChI=1S/C42H60N8O4/c1-28(43-5)37(51)25-34(42(2,3)4)41(53)50-16-8-9-36(50)38(52)24-29-23-33-35(26-39(29)54-7)44-27-45-40(33)46-30-10-12-31(13-11-30)48-19-21-49(22-20-48)32-14-17-47(6)18-15-32/h10-13,23,26-28,32,34,36,43H,8-9,14-22,24-25H2,1-7H3,(H,44,45,46)/t28-,34+,36-/m0/s1. The van der Waals surface area contributed by atoms with Gasteiger partial charge < -0.3 is 30.1 Å². The molecule has 0 aliphatic carbocycles. The lowest BCUT2D eigenvalue weighted by molar-refractivity contribution is -0.145. The molecule has 54 heavy (non-hydrogen) atoms. The number of anilines is 3. The van der Waals surface area contributed by atoms with Crippen LogP contribution in [-0.4, -0.2) is 127 Å². The van der Waals surface area contributed by atoms with Crippen molar-refractivity contribution < 1.29 is 19.1 Å². The first-order valence-electron chi connectivity index (χ1n) is 19.8. The Morgan fingerprint density at radius 1 is 0.944 bits per heavy atom. The second kappa shape index (κ2) is 17.1. The molecule has 2 aromatic carbocycles. The highest BCUT2D eigenvalue weighted by Crippen LogP contribution is 2.35. The molecule has 0 saturated carbocycles. The third kappa shape index (κ3) is 9.04. The second-order valence-electron chi connectivity index (χ2n) is 16.6. The van der Waals surface area contributed by atoms with Crippen LogP contribution in [0.15, 0.2) is 42.7 Å². The van der Waals surface area contributed by atoms with Gasteiger partial charge in [0.05, 0.1) is 24.7 Å². The van der Waals surface area contributed by atoms with Crippen LogP contribution in [0.3, 0.4) is 0 Å². The first-order chi connectivity index (χ1) is 25.9. The number of Topliss-reactive ketones (excluding diaryl/α,β-unsaturated/α-hetero) is 2. The second-order valence-corrected chi connectivity index (χ2v) is 16.6. The summed E-state index contributed by atoms with van der Waals surface area (Å²) >= 11 is 0. The number of piperidine rings is 1. The lowest BCUT2D eigenvalue weighted by Crippen LogP contribution is -2.52. The number of carbonyl (C=O) groups is 3. The lowest BCUT2D eigenvalue weighted by atomic mass is 9.76. The van der Waals surface area contributed by atoms with Crippen molar-refractivity contribution in [2.45, 2.75) is 84.3 Å². The van der Waals surface area contributed by atoms with Gasteiger partial charge in [0.15, 0.2) is 5.78 Å². The lowest BCUT2D eigenvalue weighted by Gasteiger charge is -2.42. The van der Waals surface area contributed by atoms with Gasteiger partial charge in [-0.25, -0.2) is 9.97 Å². The van der Waals surface area contributed by atoms with Gasteiger partial charge in [-0.1, -0.05) is 20.8 Å². The summed E-state index contributed by atoms with van der Waals surface area (Å²) < 4.78 is 5.76. The molecule has 3 saturated heterocycles. The quantitative estimate of drug-likeness (QED) is 0.248. The van der Waals surface area contributed by atoms with E-state index in [1.807, 2.05) is 39.8 Å². The Morgan fingerprint density at radius 3 is 2.30 bits per heavy atom. The summed E-state index contributed by atoms with van der Waals surface area (Å²) in [4.78, 5) is 59.5. The summed E-state index contributed by atoms with van der Waals surface area (Å²) in [5, 5.41) is 7.26. The number of amides is 1. The minimum Gasteiger partial charge on any atom is -0.496 e. The van der Waals surface area contributed by atoms with E-state index < -0.39 is 17.4 Å². The van der Waals surface area contributed by atoms with Crippen molar-refractivity contribution in [3.63, 3.8) is 0 Å². The van der Waals surface area contributed by atoms with Gasteiger partial charge in [-0.3, -0.25) is 19.3 Å². The molecular formula is C42H60N8O4. The highest BCUT2D eigenvalue weighted by molar-refractivity contribution is 5.96. The number of ether oxygens (including phenoxy) is 1. The van der Waals surface area contributed by atoms with E-state index in [4.69, 9.17) is 4.74 Å². The number of likely N-dealkylation sites (N-methyl/N-ethyl adjacent to an activating group) is 1. The van der Waals surface area contributed by atoms with Crippen LogP contribution in [0.25, 0.3) is 10.9 Å². The molecule has 3 aliphatic rings. The van der Waals surface area contributed by atoms with Crippen LogP contribution in [0.4, 0.5) is 17.2 Å². The SMILES string of the molecule is CN[C@@H](C)C(=O)C[C@H](C(=O)N1CCC[C@H]1C(=O)Cc1cc2c(Nc3ccc(N4CCN(C5CCN(C)CC5)CC4)cc3)ncnc2cc1OC)C(C)(C)C. The van der Waals surface area contributed by atoms with Crippen molar-refractivity contribution in [1.29, 1.82) is 0 Å². The van der Waals surface area contributed by atoms with E-state index in [0.29, 0.717) is 41.7 Å². The van der Waals surface area contributed by atoms with Gasteiger partial charge in [0.1, 0.15) is 23.7 Å². The largest absolute Gasteiger partial charge is 0.496 e. The normalized spacial score (nSPS) is 20.2. The predicted octanol–water partition coefficient (Wildman–Crippen LogP) is 4.93. The molecule has 0 spiro atoms. The molecule has 2 N–H and O–H groups in total. The Hall–Kier alpha value is -4.13. The molecule has 0 unspecified atom stereocenters. The molecule has 1 amide bonds. The summed E-state index contributed by atoms with van der Waals surface area (Å²) in [7, 11) is 5.55. The summed E-state index contributed by atoms with van der Waals surface area (Å²) in [6.07, 6.45) is 5.62. The van der Waals surface area contributed by atoms with Crippen molar-refractivity contribution in [3.05, 3.63) is 48.3 Å². The molecular weight excluding hydrogens is 681 g/mol. The van der Waals surface area contributed by atoms with Crippen LogP contribution < -0.4 is 20.3 Å². The number of carbonyl (C=O) groups excluding carboxylic acids is 3. The van der Waals surface area contributed by atoms with E-state index in [-0.39, 0.29) is 36.4 Å². The average molecular weight is 741 g/mol. The highest BCUT2D eigenvalue weighted by atomic mass is 16.5. The number of likely N-dealkylation sites (tertiary alicyclic amines) is 2. The van der Waals surface area contributed by atoms with Gasteiger partial charge in [-0.05, 0) is 95.5 Å². The van der Waals surface area contributed by atoms with Gasteiger partial charge in [0.25, 0.3) is 0 Å². The zero-order valence-electron chi connectivity index (χ0n) is 33.4. The Morgan fingerprint density at radius 2 is 1.65 bits per heavy atom. The summed E-state index contributed by atoms with van der Waals surface area (Å²) in [5.41, 5.74) is 3.10. The minimum absolute atomic E-state index is 0.00644. The predicted molar refractivity (Wildman–Crippen MR) is 215 cm³/mol. The third-order valence-corrected chi connectivity index (χ3v) is 12.0. The van der Waals surface area contributed by atoms with Crippen LogP contribution in [0.5, 0.6) is 5.75 Å². The minimum atomic E-state index is -0.556. The molecule has 4 heterocycles. The molecule has 3 fully saturated rings. The summed E-state index contributed by atoms with van der Waals surface area (Å²) in [5.74, 6) is 0.505. The summed E-state index contributed by atoms with van der Waals surface area (Å²) in [6.45, 7) is 14.9. The van der Waals surface area contributed by atoms with E-state index in [1.165, 1.54) is 37.9 Å². The Kier molecular flexibility index (Phi) is 12.5. The van der Waals surface area contributed by atoms with Crippen LogP contribution >= 0.6 is 0 Å². The van der Waals surface area contributed by atoms with Crippen molar-refractivity contribution in [2.24, 2.45) is 11.3 Å². The number of benzene rings is 2. The van der Waals surface area contributed by atoms with E-state index >= 15 is 0 Å². The monoisotopic (exact) mass is 740 g/mol. The van der Waals surface area contributed by atoms with Crippen molar-refractivity contribution in [2.75, 3.05) is 77.2 Å². The molecule has 3 aliphatic heterocycles. The maximum absolute atomic E-state index is 14.1. The highest BCUT2D eigenvalue weighted by Gasteiger charge is 2.42. The zero-order chi connectivity index (χ0) is 38.6. The van der Waals surface area contributed by atoms with Gasteiger partial charge >= 0.3 is 0 Å². The van der Waals surface area contributed by atoms with Gasteiger partial charge in [0.2, 0.25) is 5.91 Å². The van der Waals surface area contributed by atoms with Crippen LogP contribution in [0.1, 0.15) is 65.4 Å². The van der Waals surface area contributed by atoms with Crippen LogP contribution in [-0.2, 0) is 20.8 Å². The van der Waals surface area contributed by atoms with E-state index in [0.717, 1.165) is 43.7 Å². The number of nitrogens with zero attached hydrogens (tertiary/aromatic N) is 6. The number of fused-ring (bicyclic) bond motifs is 1. The number of nitrogens with one attached hydrogen (secondary N) is 2. The fourth-order valence-electron chi connectivity index (χ4n) is 8.33. The smallest absolute Gasteiger partial charge is 0.227 e. The van der Waals surface area contributed by atoms with Crippen LogP contribution in [0, 0.1) is 11.3 Å². The number of rotatable bonds is 13. The molecule has 12 heteroatoms.